The predicted molar refractivity (Wildman–Crippen MR) is 52.9 cm³/mol. The molecule has 1 aromatic rings. The minimum atomic E-state index is -0.862. The molecule has 0 unspecified atom stereocenters. The van der Waals surface area contributed by atoms with E-state index in [4.69, 9.17) is 4.74 Å². The van der Waals surface area contributed by atoms with E-state index in [0.29, 0.717) is 5.75 Å². The van der Waals surface area contributed by atoms with E-state index in [0.717, 1.165) is 31.8 Å². The first-order chi connectivity index (χ1) is 7.19. The monoisotopic (exact) mass is 213 g/mol. The van der Waals surface area contributed by atoms with Crippen LogP contribution in [-0.2, 0) is 0 Å². The molecular weight excluding hydrogens is 200 g/mol. The molecule has 1 fully saturated rings. The van der Waals surface area contributed by atoms with Crippen molar-refractivity contribution in [3.8, 4) is 5.75 Å². The smallest absolute Gasteiger partial charge is 0.162 e. The van der Waals surface area contributed by atoms with Gasteiger partial charge in [-0.3, -0.25) is 4.90 Å². The van der Waals surface area contributed by atoms with Crippen LogP contribution in [0.3, 0.4) is 0 Å². The highest BCUT2D eigenvalue weighted by Gasteiger charge is 2.26. The molecule has 82 valence electrons. The predicted octanol–water partition coefficient (Wildman–Crippen LogP) is 2.05. The summed E-state index contributed by atoms with van der Waals surface area (Å²) in [6.45, 7) is 4.79. The van der Waals surface area contributed by atoms with Crippen LogP contribution in [0, 0.1) is 11.6 Å². The molecule has 2 rings (SSSR count). The van der Waals surface area contributed by atoms with Crippen molar-refractivity contribution in [1.82, 2.24) is 4.90 Å². The van der Waals surface area contributed by atoms with Crippen LogP contribution in [0.25, 0.3) is 0 Å². The van der Waals surface area contributed by atoms with E-state index in [1.165, 1.54) is 6.07 Å². The maximum Gasteiger partial charge on any atom is 0.162 e. The molecular formula is C11H13F2NO. The van der Waals surface area contributed by atoms with Crippen LogP contribution in [0.15, 0.2) is 18.2 Å². The molecule has 0 N–H and O–H groups in total. The molecule has 1 saturated heterocycles. The number of hydrogen-bond acceptors (Lipinski definition) is 2. The number of ether oxygens (including phenoxy) is 1. The lowest BCUT2D eigenvalue weighted by Gasteiger charge is -2.38. The number of rotatable bonds is 3. The fourth-order valence-electron chi connectivity index (χ4n) is 1.60. The van der Waals surface area contributed by atoms with Crippen LogP contribution in [0.1, 0.15) is 6.92 Å². The van der Waals surface area contributed by atoms with Crippen LogP contribution in [0.4, 0.5) is 8.78 Å². The highest BCUT2D eigenvalue weighted by Crippen LogP contribution is 2.20. The molecule has 0 amide bonds. The van der Waals surface area contributed by atoms with E-state index in [2.05, 4.69) is 11.8 Å². The van der Waals surface area contributed by atoms with Gasteiger partial charge in [-0.2, -0.15) is 0 Å². The number of likely N-dealkylation sites (tertiary alicyclic amines) is 1. The largest absolute Gasteiger partial charge is 0.488 e. The van der Waals surface area contributed by atoms with Crippen molar-refractivity contribution in [2.75, 3.05) is 19.6 Å². The second kappa shape index (κ2) is 4.14. The number of benzene rings is 1. The molecule has 1 heterocycles. The number of likely N-dealkylation sites (N-methyl/N-ethyl adjacent to an activating group) is 1. The summed E-state index contributed by atoms with van der Waals surface area (Å²) in [4.78, 5) is 2.21. The first-order valence-corrected chi connectivity index (χ1v) is 5.03. The maximum atomic E-state index is 12.8. The molecule has 1 aromatic carbocycles. The molecule has 0 atom stereocenters. The Bertz CT molecular complexity index is 350. The zero-order valence-corrected chi connectivity index (χ0v) is 8.54. The Morgan fingerprint density at radius 3 is 2.67 bits per heavy atom. The van der Waals surface area contributed by atoms with Crippen molar-refractivity contribution in [3.05, 3.63) is 29.8 Å². The van der Waals surface area contributed by atoms with E-state index < -0.39 is 11.6 Å². The third-order valence-corrected chi connectivity index (χ3v) is 2.56. The summed E-state index contributed by atoms with van der Waals surface area (Å²) in [5.41, 5.74) is 0. The maximum absolute atomic E-state index is 12.8. The summed E-state index contributed by atoms with van der Waals surface area (Å²) in [5, 5.41) is 0. The van der Waals surface area contributed by atoms with Gasteiger partial charge in [-0.25, -0.2) is 8.78 Å². The van der Waals surface area contributed by atoms with Gasteiger partial charge in [-0.1, -0.05) is 6.92 Å². The standard InChI is InChI=1S/C11H13F2NO/c1-2-14-6-9(7-14)15-8-3-4-10(12)11(13)5-8/h3-5,9H,2,6-7H2,1H3. The lowest BCUT2D eigenvalue weighted by atomic mass is 10.2. The van der Waals surface area contributed by atoms with Gasteiger partial charge < -0.3 is 4.74 Å². The Kier molecular flexibility index (Phi) is 2.86. The fraction of sp³-hybridized carbons (Fsp3) is 0.455. The molecule has 0 spiro atoms. The normalized spacial score (nSPS) is 17.5. The third kappa shape index (κ3) is 2.26. The molecule has 2 nitrogen and oxygen atoms in total. The molecule has 15 heavy (non-hydrogen) atoms. The van der Waals surface area contributed by atoms with Crippen molar-refractivity contribution < 1.29 is 13.5 Å². The highest BCUT2D eigenvalue weighted by molar-refractivity contribution is 5.24. The Labute approximate surface area is 87.5 Å². The number of halogens is 2. The van der Waals surface area contributed by atoms with Gasteiger partial charge in [0.2, 0.25) is 0 Å². The zero-order valence-electron chi connectivity index (χ0n) is 8.54. The highest BCUT2D eigenvalue weighted by atomic mass is 19.2. The van der Waals surface area contributed by atoms with Crippen LogP contribution < -0.4 is 4.74 Å². The average Bonchev–Trinajstić information content (AvgIpc) is 2.16. The van der Waals surface area contributed by atoms with Crippen LogP contribution in [-0.4, -0.2) is 30.6 Å². The van der Waals surface area contributed by atoms with Gasteiger partial charge in [0.25, 0.3) is 0 Å². The molecule has 0 aromatic heterocycles. The van der Waals surface area contributed by atoms with Gasteiger partial charge in [0.05, 0.1) is 0 Å². The van der Waals surface area contributed by atoms with Crippen LogP contribution >= 0.6 is 0 Å². The molecule has 4 heteroatoms. The van der Waals surface area contributed by atoms with Crippen molar-refractivity contribution in [2.45, 2.75) is 13.0 Å². The first kappa shape index (κ1) is 10.4. The Morgan fingerprint density at radius 2 is 2.07 bits per heavy atom. The van der Waals surface area contributed by atoms with Crippen LogP contribution in [0.5, 0.6) is 5.75 Å². The van der Waals surface area contributed by atoms with Crippen molar-refractivity contribution >= 4 is 0 Å². The van der Waals surface area contributed by atoms with Gasteiger partial charge in [-0.15, -0.1) is 0 Å². The summed E-state index contributed by atoms with van der Waals surface area (Å²) < 4.78 is 30.9. The topological polar surface area (TPSA) is 12.5 Å². The number of nitrogens with zero attached hydrogens (tertiary/aromatic N) is 1. The molecule has 1 aliphatic rings. The van der Waals surface area contributed by atoms with E-state index in [1.807, 2.05) is 0 Å². The number of hydrogen-bond donors (Lipinski definition) is 0. The van der Waals surface area contributed by atoms with Crippen molar-refractivity contribution in [3.63, 3.8) is 0 Å². The Morgan fingerprint density at radius 1 is 1.33 bits per heavy atom. The first-order valence-electron chi connectivity index (χ1n) is 5.03. The lowest BCUT2D eigenvalue weighted by Crippen LogP contribution is -2.53. The summed E-state index contributed by atoms with van der Waals surface area (Å²) in [7, 11) is 0. The van der Waals surface area contributed by atoms with E-state index >= 15 is 0 Å². The second-order valence-corrected chi connectivity index (χ2v) is 3.67. The van der Waals surface area contributed by atoms with Crippen molar-refractivity contribution in [1.29, 1.82) is 0 Å². The fourth-order valence-corrected chi connectivity index (χ4v) is 1.60. The van der Waals surface area contributed by atoms with Crippen LogP contribution in [0.2, 0.25) is 0 Å². The summed E-state index contributed by atoms with van der Waals surface area (Å²) in [6.07, 6.45) is 0.106. The Hall–Kier alpha value is -1.16. The minimum absolute atomic E-state index is 0.106. The van der Waals surface area contributed by atoms with E-state index in [-0.39, 0.29) is 6.10 Å². The quantitative estimate of drug-likeness (QED) is 0.762. The minimum Gasteiger partial charge on any atom is -0.488 e. The summed E-state index contributed by atoms with van der Waals surface area (Å²) in [6, 6.07) is 3.62. The second-order valence-electron chi connectivity index (χ2n) is 3.67. The van der Waals surface area contributed by atoms with Gasteiger partial charge in [0.15, 0.2) is 11.6 Å². The summed E-state index contributed by atoms with van der Waals surface area (Å²) >= 11 is 0. The third-order valence-electron chi connectivity index (χ3n) is 2.56. The molecule has 0 bridgehead atoms. The van der Waals surface area contributed by atoms with E-state index in [9.17, 15) is 8.78 Å². The molecule has 0 saturated carbocycles. The van der Waals surface area contributed by atoms with Gasteiger partial charge in [0, 0.05) is 19.2 Å². The van der Waals surface area contributed by atoms with E-state index in [1.54, 1.807) is 0 Å². The molecule has 0 aliphatic carbocycles. The lowest BCUT2D eigenvalue weighted by molar-refractivity contribution is 0.0236. The SMILES string of the molecule is CCN1CC(Oc2ccc(F)c(F)c2)C1. The molecule has 0 radical (unpaired) electrons. The summed E-state index contributed by atoms with van der Waals surface area (Å²) in [5.74, 6) is -1.31. The van der Waals surface area contributed by atoms with Gasteiger partial charge >= 0.3 is 0 Å². The average molecular weight is 213 g/mol. The van der Waals surface area contributed by atoms with Gasteiger partial charge in [-0.05, 0) is 18.7 Å². The zero-order chi connectivity index (χ0) is 10.8. The van der Waals surface area contributed by atoms with Gasteiger partial charge in [0.1, 0.15) is 11.9 Å². The molecule has 1 aliphatic heterocycles. The van der Waals surface area contributed by atoms with Crippen molar-refractivity contribution in [2.24, 2.45) is 0 Å². The Balaban J connectivity index is 1.92.